The van der Waals surface area contributed by atoms with E-state index >= 15 is 0 Å². The average molecular weight is 399 g/mol. The molecule has 0 atom stereocenters. The first-order valence-electron chi connectivity index (χ1n) is 9.54. The van der Waals surface area contributed by atoms with E-state index in [1.165, 1.54) is 0 Å². The number of pyridine rings is 1. The van der Waals surface area contributed by atoms with Crippen LogP contribution in [0.5, 0.6) is 11.5 Å². The van der Waals surface area contributed by atoms with Crippen molar-refractivity contribution in [3.05, 3.63) is 106 Å². The average Bonchev–Trinajstić information content (AvgIpc) is 2.80. The molecule has 30 heavy (non-hydrogen) atoms. The summed E-state index contributed by atoms with van der Waals surface area (Å²) in [5, 5.41) is 0.444. The van der Waals surface area contributed by atoms with Gasteiger partial charge in [0.2, 0.25) is 5.43 Å². The Morgan fingerprint density at radius 3 is 2.33 bits per heavy atom. The van der Waals surface area contributed by atoms with Crippen LogP contribution in [0, 0.1) is 0 Å². The Hall–Kier alpha value is -3.86. The predicted octanol–water partition coefficient (Wildman–Crippen LogP) is 4.30. The number of rotatable bonds is 6. The van der Waals surface area contributed by atoms with E-state index in [2.05, 4.69) is 0 Å². The Balaban J connectivity index is 1.91. The van der Waals surface area contributed by atoms with E-state index in [1.54, 1.807) is 50.7 Å². The first kappa shape index (κ1) is 19.5. The number of carbonyl (C=O) groups is 1. The maximum Gasteiger partial charge on any atom is 0.200 e. The molecule has 0 aliphatic heterocycles. The van der Waals surface area contributed by atoms with E-state index < -0.39 is 0 Å². The fraction of sp³-hybridized carbons (Fsp3) is 0.120. The van der Waals surface area contributed by atoms with Crippen molar-refractivity contribution in [2.45, 2.75) is 6.54 Å². The molecule has 4 aromatic rings. The summed E-state index contributed by atoms with van der Waals surface area (Å²) in [7, 11) is 3.17. The van der Waals surface area contributed by atoms with Crippen LogP contribution >= 0.6 is 0 Å². The van der Waals surface area contributed by atoms with Gasteiger partial charge < -0.3 is 14.0 Å². The van der Waals surface area contributed by atoms with Gasteiger partial charge >= 0.3 is 0 Å². The minimum atomic E-state index is -0.306. The Labute approximate surface area is 174 Å². The van der Waals surface area contributed by atoms with Gasteiger partial charge in [0, 0.05) is 18.3 Å². The van der Waals surface area contributed by atoms with Crippen LogP contribution in [0.25, 0.3) is 10.9 Å². The third-order valence-electron chi connectivity index (χ3n) is 5.06. The van der Waals surface area contributed by atoms with Crippen molar-refractivity contribution in [1.82, 2.24) is 4.57 Å². The largest absolute Gasteiger partial charge is 0.497 e. The second-order valence-electron chi connectivity index (χ2n) is 6.93. The van der Waals surface area contributed by atoms with Crippen LogP contribution in [0.2, 0.25) is 0 Å². The summed E-state index contributed by atoms with van der Waals surface area (Å²) in [6, 6.07) is 21.9. The van der Waals surface area contributed by atoms with Gasteiger partial charge in [-0.15, -0.1) is 0 Å². The van der Waals surface area contributed by atoms with Crippen molar-refractivity contribution in [2.24, 2.45) is 0 Å². The highest BCUT2D eigenvalue weighted by molar-refractivity contribution is 6.10. The number of ether oxygens (including phenoxy) is 2. The number of methoxy groups -OCH3 is 2. The van der Waals surface area contributed by atoms with E-state index in [0.29, 0.717) is 23.2 Å². The number of ketones is 1. The predicted molar refractivity (Wildman–Crippen MR) is 117 cm³/mol. The molecule has 0 aliphatic carbocycles. The van der Waals surface area contributed by atoms with Crippen LogP contribution in [-0.4, -0.2) is 24.6 Å². The van der Waals surface area contributed by atoms with Crippen molar-refractivity contribution in [3.8, 4) is 11.5 Å². The number of hydrogen-bond acceptors (Lipinski definition) is 4. The zero-order valence-corrected chi connectivity index (χ0v) is 16.8. The van der Waals surface area contributed by atoms with Gasteiger partial charge in [-0.2, -0.15) is 0 Å². The van der Waals surface area contributed by atoms with Gasteiger partial charge in [0.25, 0.3) is 0 Å². The standard InChI is InChI=1S/C25H21NO4/c1-29-19-10-6-7-17(13-19)15-26-16-22(24(27)18-8-4-3-5-9-18)25(28)21-14-20(30-2)11-12-23(21)26/h3-14,16H,15H2,1-2H3. The Bertz CT molecular complexity index is 1280. The van der Waals surface area contributed by atoms with Gasteiger partial charge in [0.05, 0.1) is 30.7 Å². The highest BCUT2D eigenvalue weighted by Gasteiger charge is 2.18. The molecule has 0 aliphatic rings. The number of hydrogen-bond donors (Lipinski definition) is 0. The minimum absolute atomic E-state index is 0.129. The summed E-state index contributed by atoms with van der Waals surface area (Å²) < 4.78 is 12.5. The van der Waals surface area contributed by atoms with Gasteiger partial charge in [0.1, 0.15) is 11.5 Å². The molecule has 0 N–H and O–H groups in total. The molecule has 0 fully saturated rings. The molecule has 1 heterocycles. The van der Waals surface area contributed by atoms with Crippen LogP contribution in [0.15, 0.2) is 83.8 Å². The van der Waals surface area contributed by atoms with Gasteiger partial charge in [-0.1, -0.05) is 42.5 Å². The first-order chi connectivity index (χ1) is 14.6. The van der Waals surface area contributed by atoms with Gasteiger partial charge in [-0.25, -0.2) is 0 Å². The van der Waals surface area contributed by atoms with E-state index in [9.17, 15) is 9.59 Å². The van der Waals surface area contributed by atoms with Crippen molar-refractivity contribution < 1.29 is 14.3 Å². The molecule has 5 heteroatoms. The maximum absolute atomic E-state index is 13.2. The summed E-state index contributed by atoms with van der Waals surface area (Å²) in [6.45, 7) is 0.482. The molecule has 0 unspecified atom stereocenters. The van der Waals surface area contributed by atoms with E-state index in [-0.39, 0.29) is 16.8 Å². The van der Waals surface area contributed by atoms with E-state index in [1.807, 2.05) is 47.0 Å². The molecule has 4 rings (SSSR count). The normalized spacial score (nSPS) is 10.7. The van der Waals surface area contributed by atoms with Crippen LogP contribution in [0.3, 0.4) is 0 Å². The number of carbonyl (C=O) groups excluding carboxylic acids is 1. The molecule has 1 aromatic heterocycles. The lowest BCUT2D eigenvalue weighted by Crippen LogP contribution is -2.20. The Morgan fingerprint density at radius 2 is 1.60 bits per heavy atom. The van der Waals surface area contributed by atoms with Gasteiger partial charge in [0.15, 0.2) is 5.78 Å². The molecule has 150 valence electrons. The maximum atomic E-state index is 13.2. The zero-order chi connectivity index (χ0) is 21.1. The lowest BCUT2D eigenvalue weighted by molar-refractivity contribution is 0.103. The van der Waals surface area contributed by atoms with Crippen molar-refractivity contribution in [1.29, 1.82) is 0 Å². The number of fused-ring (bicyclic) bond motifs is 1. The Kier molecular flexibility index (Phi) is 5.35. The molecule has 0 spiro atoms. The molecular formula is C25H21NO4. The molecule has 0 amide bonds. The SMILES string of the molecule is COc1cccc(Cn2cc(C(=O)c3ccccc3)c(=O)c3cc(OC)ccc32)c1. The van der Waals surface area contributed by atoms with Crippen LogP contribution in [0.1, 0.15) is 21.5 Å². The molecule has 0 bridgehead atoms. The van der Waals surface area contributed by atoms with Crippen LogP contribution in [0.4, 0.5) is 0 Å². The molecule has 3 aromatic carbocycles. The summed E-state index contributed by atoms with van der Waals surface area (Å²) in [6.07, 6.45) is 1.64. The van der Waals surface area contributed by atoms with Crippen LogP contribution < -0.4 is 14.9 Å². The topological polar surface area (TPSA) is 57.5 Å². The Morgan fingerprint density at radius 1 is 0.867 bits per heavy atom. The second kappa shape index (κ2) is 8.25. The molecule has 5 nitrogen and oxygen atoms in total. The summed E-state index contributed by atoms with van der Waals surface area (Å²) in [5.41, 5.74) is 2.02. The first-order valence-corrected chi connectivity index (χ1v) is 9.54. The van der Waals surface area contributed by atoms with E-state index in [0.717, 1.165) is 16.8 Å². The third kappa shape index (κ3) is 3.70. The van der Waals surface area contributed by atoms with E-state index in [4.69, 9.17) is 9.47 Å². The molecule has 0 radical (unpaired) electrons. The number of benzene rings is 3. The van der Waals surface area contributed by atoms with Crippen molar-refractivity contribution >= 4 is 16.7 Å². The zero-order valence-electron chi connectivity index (χ0n) is 16.8. The van der Waals surface area contributed by atoms with Gasteiger partial charge in [-0.3, -0.25) is 9.59 Å². The molecule has 0 saturated heterocycles. The van der Waals surface area contributed by atoms with Crippen molar-refractivity contribution in [2.75, 3.05) is 14.2 Å². The fourth-order valence-electron chi connectivity index (χ4n) is 3.51. The van der Waals surface area contributed by atoms with Crippen molar-refractivity contribution in [3.63, 3.8) is 0 Å². The second-order valence-corrected chi connectivity index (χ2v) is 6.93. The quantitative estimate of drug-likeness (QED) is 0.454. The number of nitrogens with zero attached hydrogens (tertiary/aromatic N) is 1. The summed E-state index contributed by atoms with van der Waals surface area (Å²) >= 11 is 0. The highest BCUT2D eigenvalue weighted by atomic mass is 16.5. The monoisotopic (exact) mass is 399 g/mol. The lowest BCUT2D eigenvalue weighted by Gasteiger charge is -2.15. The molecule has 0 saturated carbocycles. The van der Waals surface area contributed by atoms with Gasteiger partial charge in [-0.05, 0) is 35.9 Å². The third-order valence-corrected chi connectivity index (χ3v) is 5.06. The lowest BCUT2D eigenvalue weighted by atomic mass is 10.0. The summed E-state index contributed by atoms with van der Waals surface area (Å²) in [4.78, 5) is 26.3. The highest BCUT2D eigenvalue weighted by Crippen LogP contribution is 2.22. The fourth-order valence-corrected chi connectivity index (χ4v) is 3.51. The van der Waals surface area contributed by atoms with Crippen LogP contribution in [-0.2, 0) is 6.54 Å². The molecular weight excluding hydrogens is 378 g/mol. The minimum Gasteiger partial charge on any atom is -0.497 e. The number of aromatic nitrogens is 1. The summed E-state index contributed by atoms with van der Waals surface area (Å²) in [5.74, 6) is 1.02. The smallest absolute Gasteiger partial charge is 0.200 e.